The van der Waals surface area contributed by atoms with E-state index in [2.05, 4.69) is 46.1 Å². The smallest absolute Gasteiger partial charge is 0.221 e. The predicted molar refractivity (Wildman–Crippen MR) is 106 cm³/mol. The number of carbonyl (C=O) groups excluding carboxylic acids is 1. The van der Waals surface area contributed by atoms with Gasteiger partial charge in [-0.05, 0) is 37.6 Å². The van der Waals surface area contributed by atoms with E-state index < -0.39 is 0 Å². The number of nitrogens with zero attached hydrogens (tertiary/aromatic N) is 3. The molecule has 0 saturated carbocycles. The van der Waals surface area contributed by atoms with Crippen LogP contribution in [0.4, 0.5) is 5.69 Å². The number of pyridine rings is 1. The third kappa shape index (κ3) is 4.90. The molecule has 5 nitrogen and oxygen atoms in total. The van der Waals surface area contributed by atoms with Gasteiger partial charge in [0.2, 0.25) is 5.91 Å². The van der Waals surface area contributed by atoms with Crippen LogP contribution >= 0.6 is 0 Å². The molecule has 2 heterocycles. The number of piperazine rings is 1. The molecule has 1 aliphatic rings. The number of anilines is 1. The van der Waals surface area contributed by atoms with E-state index in [1.54, 1.807) is 0 Å². The number of carbonyl (C=O) groups is 1. The molecular formula is C21H28N4O. The summed E-state index contributed by atoms with van der Waals surface area (Å²) in [5.74, 6) is -0.0607. The number of nitrogens with one attached hydrogen (secondary N) is 1. The van der Waals surface area contributed by atoms with Crippen molar-refractivity contribution in [1.29, 1.82) is 0 Å². The van der Waals surface area contributed by atoms with Crippen LogP contribution in [-0.2, 0) is 11.3 Å². The molecule has 138 valence electrons. The fraction of sp³-hybridized carbons (Fsp3) is 0.429. The normalized spacial score (nSPS) is 16.0. The van der Waals surface area contributed by atoms with Crippen LogP contribution in [0.3, 0.4) is 0 Å². The summed E-state index contributed by atoms with van der Waals surface area (Å²) in [7, 11) is 0. The van der Waals surface area contributed by atoms with Crippen LogP contribution in [0.15, 0.2) is 42.6 Å². The van der Waals surface area contributed by atoms with E-state index >= 15 is 0 Å². The summed E-state index contributed by atoms with van der Waals surface area (Å²) in [6, 6.07) is 12.7. The average molecular weight is 352 g/mol. The summed E-state index contributed by atoms with van der Waals surface area (Å²) in [4.78, 5) is 20.7. The van der Waals surface area contributed by atoms with Gasteiger partial charge in [0.1, 0.15) is 0 Å². The summed E-state index contributed by atoms with van der Waals surface area (Å²) >= 11 is 0. The van der Waals surface area contributed by atoms with E-state index in [0.717, 1.165) is 49.7 Å². The molecule has 5 heteroatoms. The van der Waals surface area contributed by atoms with Crippen LogP contribution in [0, 0.1) is 0 Å². The van der Waals surface area contributed by atoms with Crippen LogP contribution in [0.2, 0.25) is 0 Å². The minimum atomic E-state index is -0.0607. The van der Waals surface area contributed by atoms with E-state index in [1.165, 1.54) is 12.5 Å². The Hall–Kier alpha value is -2.24. The van der Waals surface area contributed by atoms with Gasteiger partial charge in [0.15, 0.2) is 0 Å². The van der Waals surface area contributed by atoms with Crippen molar-refractivity contribution in [3.8, 4) is 11.3 Å². The molecule has 1 aromatic heterocycles. The average Bonchev–Trinajstić information content (AvgIpc) is 2.63. The van der Waals surface area contributed by atoms with Gasteiger partial charge < -0.3 is 5.32 Å². The quantitative estimate of drug-likeness (QED) is 0.897. The molecule has 1 N–H and O–H groups in total. The van der Waals surface area contributed by atoms with E-state index in [0.29, 0.717) is 6.04 Å². The SMILES string of the molecule is CC(=O)Nc1ccc(-c2ccc(CN3CCN(C(C)C)CC3)cn2)cc1. The van der Waals surface area contributed by atoms with Crippen molar-refractivity contribution < 1.29 is 4.79 Å². The second kappa shape index (κ2) is 8.43. The first-order valence-corrected chi connectivity index (χ1v) is 9.30. The van der Waals surface area contributed by atoms with Crippen molar-refractivity contribution in [3.05, 3.63) is 48.2 Å². The maximum absolute atomic E-state index is 11.1. The molecule has 3 rings (SSSR count). The Morgan fingerprint density at radius 1 is 1.08 bits per heavy atom. The monoisotopic (exact) mass is 352 g/mol. The van der Waals surface area contributed by atoms with Gasteiger partial charge in [-0.2, -0.15) is 0 Å². The first kappa shape index (κ1) is 18.5. The second-order valence-corrected chi connectivity index (χ2v) is 7.22. The van der Waals surface area contributed by atoms with Crippen LogP contribution in [0.5, 0.6) is 0 Å². The molecule has 0 radical (unpaired) electrons. The second-order valence-electron chi connectivity index (χ2n) is 7.22. The molecule has 0 spiro atoms. The van der Waals surface area contributed by atoms with Gasteiger partial charge in [-0.3, -0.25) is 19.6 Å². The summed E-state index contributed by atoms with van der Waals surface area (Å²) in [5.41, 5.74) is 4.06. The van der Waals surface area contributed by atoms with E-state index in [9.17, 15) is 4.79 Å². The standard InChI is InChI=1S/C21H28N4O/c1-16(2)25-12-10-24(11-13-25)15-18-4-9-21(22-14-18)19-5-7-20(8-6-19)23-17(3)26/h4-9,14,16H,10-13,15H2,1-3H3,(H,23,26). The zero-order valence-electron chi connectivity index (χ0n) is 15.9. The zero-order chi connectivity index (χ0) is 18.5. The Kier molecular flexibility index (Phi) is 6.01. The molecule has 1 amide bonds. The fourth-order valence-electron chi connectivity index (χ4n) is 3.31. The van der Waals surface area contributed by atoms with Crippen molar-refractivity contribution >= 4 is 11.6 Å². The first-order valence-electron chi connectivity index (χ1n) is 9.30. The maximum atomic E-state index is 11.1. The zero-order valence-corrected chi connectivity index (χ0v) is 15.9. The minimum Gasteiger partial charge on any atom is -0.326 e. The topological polar surface area (TPSA) is 48.5 Å². The number of aromatic nitrogens is 1. The Morgan fingerprint density at radius 2 is 1.77 bits per heavy atom. The minimum absolute atomic E-state index is 0.0607. The van der Waals surface area contributed by atoms with Gasteiger partial charge in [0.25, 0.3) is 0 Å². The molecule has 26 heavy (non-hydrogen) atoms. The highest BCUT2D eigenvalue weighted by Crippen LogP contribution is 2.20. The molecule has 2 aromatic rings. The van der Waals surface area contributed by atoms with Crippen molar-refractivity contribution in [2.24, 2.45) is 0 Å². The highest BCUT2D eigenvalue weighted by atomic mass is 16.1. The molecule has 1 aromatic carbocycles. The van der Waals surface area contributed by atoms with Crippen molar-refractivity contribution in [1.82, 2.24) is 14.8 Å². The highest BCUT2D eigenvalue weighted by Gasteiger charge is 2.18. The number of hydrogen-bond donors (Lipinski definition) is 1. The molecule has 1 fully saturated rings. The van der Waals surface area contributed by atoms with Gasteiger partial charge >= 0.3 is 0 Å². The molecule has 1 aliphatic heterocycles. The van der Waals surface area contributed by atoms with Crippen LogP contribution < -0.4 is 5.32 Å². The summed E-state index contributed by atoms with van der Waals surface area (Å²) in [6.07, 6.45) is 1.98. The third-order valence-electron chi connectivity index (χ3n) is 4.87. The molecular weight excluding hydrogens is 324 g/mol. The maximum Gasteiger partial charge on any atom is 0.221 e. The lowest BCUT2D eigenvalue weighted by atomic mass is 10.1. The lowest BCUT2D eigenvalue weighted by molar-refractivity contribution is -0.114. The van der Waals surface area contributed by atoms with Crippen molar-refractivity contribution in [2.75, 3.05) is 31.5 Å². The Bertz CT molecular complexity index is 717. The molecule has 1 saturated heterocycles. The Balaban J connectivity index is 1.58. The molecule has 0 unspecified atom stereocenters. The van der Waals surface area contributed by atoms with Crippen molar-refractivity contribution in [2.45, 2.75) is 33.4 Å². The molecule has 0 atom stereocenters. The largest absolute Gasteiger partial charge is 0.326 e. The van der Waals surface area contributed by atoms with Crippen LogP contribution in [0.1, 0.15) is 26.3 Å². The highest BCUT2D eigenvalue weighted by molar-refractivity contribution is 5.88. The van der Waals surface area contributed by atoms with Gasteiger partial charge in [0.05, 0.1) is 5.69 Å². The lowest BCUT2D eigenvalue weighted by Gasteiger charge is -2.36. The van der Waals surface area contributed by atoms with Gasteiger partial charge in [-0.15, -0.1) is 0 Å². The predicted octanol–water partition coefficient (Wildman–Crippen LogP) is 3.23. The van der Waals surface area contributed by atoms with E-state index in [4.69, 9.17) is 0 Å². The Morgan fingerprint density at radius 3 is 2.31 bits per heavy atom. The van der Waals surface area contributed by atoms with Crippen molar-refractivity contribution in [3.63, 3.8) is 0 Å². The van der Waals surface area contributed by atoms with Gasteiger partial charge in [-0.25, -0.2) is 0 Å². The summed E-state index contributed by atoms with van der Waals surface area (Å²) in [6.45, 7) is 11.5. The lowest BCUT2D eigenvalue weighted by Crippen LogP contribution is -2.48. The van der Waals surface area contributed by atoms with Crippen LogP contribution in [-0.4, -0.2) is 52.9 Å². The first-order chi connectivity index (χ1) is 12.5. The molecule has 0 aliphatic carbocycles. The summed E-state index contributed by atoms with van der Waals surface area (Å²) < 4.78 is 0. The number of hydrogen-bond acceptors (Lipinski definition) is 4. The van der Waals surface area contributed by atoms with E-state index in [-0.39, 0.29) is 5.91 Å². The van der Waals surface area contributed by atoms with Crippen LogP contribution in [0.25, 0.3) is 11.3 Å². The number of amides is 1. The Labute approximate surface area is 156 Å². The van der Waals surface area contributed by atoms with Gasteiger partial charge in [0, 0.05) is 63.1 Å². The molecule has 0 bridgehead atoms. The fourth-order valence-corrected chi connectivity index (χ4v) is 3.31. The summed E-state index contributed by atoms with van der Waals surface area (Å²) in [5, 5.41) is 2.78. The number of benzene rings is 1. The van der Waals surface area contributed by atoms with E-state index in [1.807, 2.05) is 30.5 Å². The third-order valence-corrected chi connectivity index (χ3v) is 4.87. The van der Waals surface area contributed by atoms with Gasteiger partial charge in [-0.1, -0.05) is 18.2 Å². The number of rotatable bonds is 5.